The van der Waals surface area contributed by atoms with Crippen molar-refractivity contribution in [3.63, 3.8) is 0 Å². The van der Waals surface area contributed by atoms with E-state index in [1.807, 2.05) is 68.4 Å². The maximum absolute atomic E-state index is 13.4. The first-order valence-electron chi connectivity index (χ1n) is 10.9. The molecule has 2 aromatic rings. The van der Waals surface area contributed by atoms with Gasteiger partial charge in [-0.3, -0.25) is 4.79 Å². The molecule has 0 aliphatic carbocycles. The SMILES string of the molecule is Cc1ccc(NC(=O)N2CCC[C@]3(C(=O)N(C)C)CN(c4ccccn4)C[C@@H]3C2)cc1. The number of anilines is 2. The van der Waals surface area contributed by atoms with Crippen LogP contribution in [0.15, 0.2) is 48.7 Å². The fourth-order valence-electron chi connectivity index (χ4n) is 4.97. The number of rotatable bonds is 3. The molecular weight excluding hydrogens is 390 g/mol. The maximum Gasteiger partial charge on any atom is 0.321 e. The summed E-state index contributed by atoms with van der Waals surface area (Å²) in [5.41, 5.74) is 1.44. The molecule has 0 radical (unpaired) electrons. The first-order chi connectivity index (χ1) is 14.9. The molecule has 3 heterocycles. The molecule has 0 unspecified atom stereocenters. The van der Waals surface area contributed by atoms with Crippen LogP contribution < -0.4 is 10.2 Å². The molecule has 0 spiro atoms. The van der Waals surface area contributed by atoms with Gasteiger partial charge in [-0.15, -0.1) is 0 Å². The van der Waals surface area contributed by atoms with E-state index in [1.165, 1.54) is 0 Å². The molecule has 7 heteroatoms. The van der Waals surface area contributed by atoms with Gasteiger partial charge < -0.3 is 20.0 Å². The van der Waals surface area contributed by atoms with Crippen molar-refractivity contribution in [2.24, 2.45) is 11.3 Å². The molecule has 2 aliphatic heterocycles. The minimum atomic E-state index is -0.500. The van der Waals surface area contributed by atoms with Crippen LogP contribution in [0.25, 0.3) is 0 Å². The van der Waals surface area contributed by atoms with Crippen molar-refractivity contribution in [2.75, 3.05) is 50.5 Å². The minimum Gasteiger partial charge on any atom is -0.355 e. The lowest BCUT2D eigenvalue weighted by atomic mass is 9.74. The number of aromatic nitrogens is 1. The summed E-state index contributed by atoms with van der Waals surface area (Å²) >= 11 is 0. The highest BCUT2D eigenvalue weighted by atomic mass is 16.2. The Labute approximate surface area is 184 Å². The molecule has 0 bridgehead atoms. The average Bonchev–Trinajstić information content (AvgIpc) is 3.04. The second kappa shape index (κ2) is 8.57. The molecule has 2 saturated heterocycles. The maximum atomic E-state index is 13.4. The lowest BCUT2D eigenvalue weighted by Crippen LogP contribution is -2.48. The molecule has 164 valence electrons. The van der Waals surface area contributed by atoms with Gasteiger partial charge in [0.15, 0.2) is 0 Å². The third-order valence-electron chi connectivity index (χ3n) is 6.58. The van der Waals surface area contributed by atoms with Gasteiger partial charge in [0.2, 0.25) is 5.91 Å². The normalized spacial score (nSPS) is 23.1. The van der Waals surface area contributed by atoms with E-state index in [2.05, 4.69) is 15.2 Å². The van der Waals surface area contributed by atoms with Crippen LogP contribution in [-0.4, -0.2) is 67.0 Å². The van der Waals surface area contributed by atoms with E-state index in [0.29, 0.717) is 26.2 Å². The largest absolute Gasteiger partial charge is 0.355 e. The Hall–Kier alpha value is -3.09. The molecule has 1 aromatic carbocycles. The van der Waals surface area contributed by atoms with Gasteiger partial charge in [-0.05, 0) is 44.0 Å². The van der Waals surface area contributed by atoms with Crippen LogP contribution in [-0.2, 0) is 4.79 Å². The van der Waals surface area contributed by atoms with Crippen molar-refractivity contribution < 1.29 is 9.59 Å². The van der Waals surface area contributed by atoms with E-state index in [-0.39, 0.29) is 17.9 Å². The number of amides is 3. The average molecular weight is 422 g/mol. The van der Waals surface area contributed by atoms with Gasteiger partial charge in [-0.2, -0.15) is 0 Å². The Morgan fingerprint density at radius 2 is 1.90 bits per heavy atom. The number of urea groups is 1. The standard InChI is InChI=1S/C24H31N5O2/c1-18-8-10-20(11-9-18)26-23(31)28-14-6-12-24(22(30)27(2)3)17-29(16-19(24)15-28)21-7-4-5-13-25-21/h4-5,7-11,13,19H,6,12,14-17H2,1-3H3,(H,26,31)/t19-,24-/m0/s1. The fraction of sp³-hybridized carbons (Fsp3) is 0.458. The Morgan fingerprint density at radius 3 is 2.58 bits per heavy atom. The van der Waals surface area contributed by atoms with Crippen LogP contribution in [0.4, 0.5) is 16.3 Å². The Bertz CT molecular complexity index is 931. The molecule has 4 rings (SSSR count). The second-order valence-electron chi connectivity index (χ2n) is 8.97. The van der Waals surface area contributed by atoms with E-state index in [4.69, 9.17) is 0 Å². The van der Waals surface area contributed by atoms with Gasteiger partial charge in [0, 0.05) is 58.1 Å². The van der Waals surface area contributed by atoms with Crippen molar-refractivity contribution in [3.8, 4) is 0 Å². The van der Waals surface area contributed by atoms with Gasteiger partial charge in [0.25, 0.3) is 0 Å². The van der Waals surface area contributed by atoms with E-state index >= 15 is 0 Å². The zero-order chi connectivity index (χ0) is 22.0. The quantitative estimate of drug-likeness (QED) is 0.826. The molecule has 7 nitrogen and oxygen atoms in total. The highest BCUT2D eigenvalue weighted by Crippen LogP contribution is 2.45. The molecule has 1 aromatic heterocycles. The van der Waals surface area contributed by atoms with Crippen molar-refractivity contribution in [3.05, 3.63) is 54.2 Å². The Kier molecular flexibility index (Phi) is 5.85. The zero-order valence-electron chi connectivity index (χ0n) is 18.5. The summed E-state index contributed by atoms with van der Waals surface area (Å²) in [6.07, 6.45) is 3.35. The molecule has 31 heavy (non-hydrogen) atoms. The number of likely N-dealkylation sites (tertiary alicyclic amines) is 1. The van der Waals surface area contributed by atoms with Gasteiger partial charge in [0.1, 0.15) is 5.82 Å². The smallest absolute Gasteiger partial charge is 0.321 e. The number of benzene rings is 1. The van der Waals surface area contributed by atoms with Crippen LogP contribution >= 0.6 is 0 Å². The number of hydrogen-bond acceptors (Lipinski definition) is 4. The number of carbonyl (C=O) groups is 2. The Morgan fingerprint density at radius 1 is 1.13 bits per heavy atom. The monoisotopic (exact) mass is 421 g/mol. The number of aryl methyl sites for hydroxylation is 1. The molecule has 2 aliphatic rings. The predicted molar refractivity (Wildman–Crippen MR) is 122 cm³/mol. The molecule has 3 amide bonds. The van der Waals surface area contributed by atoms with Crippen molar-refractivity contribution in [1.29, 1.82) is 0 Å². The fourth-order valence-corrected chi connectivity index (χ4v) is 4.97. The van der Waals surface area contributed by atoms with Crippen LogP contribution in [0.3, 0.4) is 0 Å². The Balaban J connectivity index is 1.56. The van der Waals surface area contributed by atoms with Crippen LogP contribution in [0.2, 0.25) is 0 Å². The zero-order valence-corrected chi connectivity index (χ0v) is 18.5. The third-order valence-corrected chi connectivity index (χ3v) is 6.58. The van der Waals surface area contributed by atoms with E-state index in [1.54, 1.807) is 11.1 Å². The third kappa shape index (κ3) is 4.22. The predicted octanol–water partition coefficient (Wildman–Crippen LogP) is 3.23. The number of nitrogens with one attached hydrogen (secondary N) is 1. The summed E-state index contributed by atoms with van der Waals surface area (Å²) in [5, 5.41) is 3.02. The second-order valence-corrected chi connectivity index (χ2v) is 8.97. The molecule has 0 saturated carbocycles. The molecule has 2 atom stereocenters. The van der Waals surface area contributed by atoms with E-state index in [9.17, 15) is 9.59 Å². The minimum absolute atomic E-state index is 0.0515. The number of hydrogen-bond donors (Lipinski definition) is 1. The van der Waals surface area contributed by atoms with E-state index in [0.717, 1.165) is 29.9 Å². The molecule has 2 fully saturated rings. The summed E-state index contributed by atoms with van der Waals surface area (Å²) in [6, 6.07) is 13.6. The van der Waals surface area contributed by atoms with Crippen LogP contribution in [0, 0.1) is 18.3 Å². The molecule has 1 N–H and O–H groups in total. The first kappa shape index (κ1) is 21.2. The van der Waals surface area contributed by atoms with Gasteiger partial charge in [-0.25, -0.2) is 9.78 Å². The number of carbonyl (C=O) groups excluding carboxylic acids is 2. The lowest BCUT2D eigenvalue weighted by molar-refractivity contribution is -0.141. The van der Waals surface area contributed by atoms with Crippen LogP contribution in [0.5, 0.6) is 0 Å². The summed E-state index contributed by atoms with van der Waals surface area (Å²) in [5.74, 6) is 1.09. The summed E-state index contributed by atoms with van der Waals surface area (Å²) in [6.45, 7) is 4.58. The number of nitrogens with zero attached hydrogens (tertiary/aromatic N) is 4. The van der Waals surface area contributed by atoms with Crippen molar-refractivity contribution >= 4 is 23.4 Å². The highest BCUT2D eigenvalue weighted by molar-refractivity contribution is 5.90. The van der Waals surface area contributed by atoms with Gasteiger partial charge in [0.05, 0.1) is 5.41 Å². The summed E-state index contributed by atoms with van der Waals surface area (Å²) in [7, 11) is 3.65. The van der Waals surface area contributed by atoms with Gasteiger partial charge >= 0.3 is 6.03 Å². The summed E-state index contributed by atoms with van der Waals surface area (Å²) in [4.78, 5) is 36.7. The number of pyridine rings is 1. The lowest BCUT2D eigenvalue weighted by Gasteiger charge is -2.34. The summed E-state index contributed by atoms with van der Waals surface area (Å²) < 4.78 is 0. The van der Waals surface area contributed by atoms with Crippen LogP contribution in [0.1, 0.15) is 18.4 Å². The van der Waals surface area contributed by atoms with E-state index < -0.39 is 5.41 Å². The van der Waals surface area contributed by atoms with Crippen molar-refractivity contribution in [1.82, 2.24) is 14.8 Å². The van der Waals surface area contributed by atoms with Crippen molar-refractivity contribution in [2.45, 2.75) is 19.8 Å². The van der Waals surface area contributed by atoms with Gasteiger partial charge in [-0.1, -0.05) is 23.8 Å². The number of fused-ring (bicyclic) bond motifs is 1. The first-order valence-corrected chi connectivity index (χ1v) is 10.9. The molecular formula is C24H31N5O2. The topological polar surface area (TPSA) is 68.8 Å². The highest BCUT2D eigenvalue weighted by Gasteiger charge is 2.54.